The summed E-state index contributed by atoms with van der Waals surface area (Å²) in [6.07, 6.45) is 2.14. The van der Waals surface area contributed by atoms with Crippen LogP contribution in [0.25, 0.3) is 5.82 Å². The smallest absolute Gasteiger partial charge is 0.266 e. The number of hydrogen-bond donors (Lipinski definition) is 0. The van der Waals surface area contributed by atoms with E-state index in [9.17, 15) is 9.59 Å². The average molecular weight is 217 g/mol. The van der Waals surface area contributed by atoms with Crippen LogP contribution in [-0.2, 0) is 7.05 Å². The molecule has 2 heterocycles. The quantitative estimate of drug-likeness (QED) is 0.695. The summed E-state index contributed by atoms with van der Waals surface area (Å²) >= 11 is 0. The molecule has 0 amide bonds. The summed E-state index contributed by atoms with van der Waals surface area (Å²) in [6, 6.07) is 4.92. The van der Waals surface area contributed by atoms with Gasteiger partial charge < -0.3 is 0 Å². The highest BCUT2D eigenvalue weighted by Crippen LogP contribution is 2.05. The molecule has 5 nitrogen and oxygen atoms in total. The van der Waals surface area contributed by atoms with Crippen molar-refractivity contribution >= 4 is 6.29 Å². The number of pyridine rings is 1. The first-order valence-electron chi connectivity index (χ1n) is 4.81. The van der Waals surface area contributed by atoms with Crippen molar-refractivity contribution in [2.45, 2.75) is 6.92 Å². The molecule has 2 rings (SSSR count). The summed E-state index contributed by atoms with van der Waals surface area (Å²) in [5, 5.41) is 4.18. The first-order chi connectivity index (χ1) is 7.63. The van der Waals surface area contributed by atoms with Gasteiger partial charge in [-0.25, -0.2) is 0 Å². The monoisotopic (exact) mass is 217 g/mol. The second kappa shape index (κ2) is 3.77. The van der Waals surface area contributed by atoms with Gasteiger partial charge in [-0.2, -0.15) is 5.10 Å². The van der Waals surface area contributed by atoms with Gasteiger partial charge in [0, 0.05) is 25.0 Å². The third-order valence-electron chi connectivity index (χ3n) is 2.45. The Morgan fingerprint density at radius 3 is 2.75 bits per heavy atom. The molecule has 0 N–H and O–H groups in total. The molecule has 0 atom stereocenters. The van der Waals surface area contributed by atoms with E-state index in [0.717, 1.165) is 5.69 Å². The number of aryl methyl sites for hydroxylation is 2. The maximum Gasteiger partial charge on any atom is 0.266 e. The summed E-state index contributed by atoms with van der Waals surface area (Å²) < 4.78 is 3.03. The molecule has 0 aliphatic heterocycles. The van der Waals surface area contributed by atoms with Gasteiger partial charge in [-0.1, -0.05) is 0 Å². The molecular weight excluding hydrogens is 206 g/mol. The molecule has 0 aliphatic carbocycles. The standard InChI is InChI=1S/C11H11N3O2/c1-8-6-10(12-13(8)2)14-5-3-4-9(7-15)11(14)16/h3-7H,1-2H3. The predicted molar refractivity (Wildman–Crippen MR) is 58.9 cm³/mol. The molecule has 5 heteroatoms. The van der Waals surface area contributed by atoms with Crippen LogP contribution in [0.2, 0.25) is 0 Å². The minimum atomic E-state index is -0.351. The van der Waals surface area contributed by atoms with Crippen LogP contribution in [0.1, 0.15) is 16.1 Å². The van der Waals surface area contributed by atoms with E-state index in [1.807, 2.05) is 6.92 Å². The Bertz CT molecular complexity index is 576. The fourth-order valence-electron chi connectivity index (χ4n) is 1.44. The van der Waals surface area contributed by atoms with Crippen LogP contribution in [0.4, 0.5) is 0 Å². The van der Waals surface area contributed by atoms with Crippen LogP contribution < -0.4 is 5.56 Å². The Hall–Kier alpha value is -2.17. The van der Waals surface area contributed by atoms with E-state index in [0.29, 0.717) is 12.1 Å². The van der Waals surface area contributed by atoms with Gasteiger partial charge in [0.1, 0.15) is 0 Å². The molecule has 0 aromatic carbocycles. The van der Waals surface area contributed by atoms with Crippen molar-refractivity contribution in [3.8, 4) is 5.82 Å². The molecular formula is C11H11N3O2. The maximum atomic E-state index is 11.8. The summed E-state index contributed by atoms with van der Waals surface area (Å²) in [4.78, 5) is 22.4. The highest BCUT2D eigenvalue weighted by Gasteiger charge is 2.07. The summed E-state index contributed by atoms with van der Waals surface area (Å²) in [5.74, 6) is 0.522. The molecule has 0 saturated heterocycles. The van der Waals surface area contributed by atoms with E-state index in [2.05, 4.69) is 5.10 Å². The van der Waals surface area contributed by atoms with Crippen molar-refractivity contribution in [2.75, 3.05) is 0 Å². The van der Waals surface area contributed by atoms with Gasteiger partial charge in [0.05, 0.1) is 5.56 Å². The molecule has 2 aromatic heterocycles. The van der Waals surface area contributed by atoms with E-state index in [-0.39, 0.29) is 11.1 Å². The zero-order chi connectivity index (χ0) is 11.7. The van der Waals surface area contributed by atoms with Crippen molar-refractivity contribution in [3.63, 3.8) is 0 Å². The SMILES string of the molecule is Cc1cc(-n2cccc(C=O)c2=O)nn1C. The van der Waals surface area contributed by atoms with Gasteiger partial charge in [0.25, 0.3) is 5.56 Å². The Balaban J connectivity index is 2.65. The fourth-order valence-corrected chi connectivity index (χ4v) is 1.44. The number of aldehydes is 1. The highest BCUT2D eigenvalue weighted by atomic mass is 16.1. The van der Waals surface area contributed by atoms with E-state index in [1.54, 1.807) is 30.1 Å². The van der Waals surface area contributed by atoms with Gasteiger partial charge in [0.15, 0.2) is 12.1 Å². The first-order valence-corrected chi connectivity index (χ1v) is 4.81. The lowest BCUT2D eigenvalue weighted by atomic mass is 10.3. The fraction of sp³-hybridized carbons (Fsp3) is 0.182. The molecule has 0 saturated carbocycles. The number of carbonyl (C=O) groups excluding carboxylic acids is 1. The summed E-state index contributed by atoms with van der Waals surface area (Å²) in [5.41, 5.74) is 0.722. The Labute approximate surface area is 91.9 Å². The zero-order valence-electron chi connectivity index (χ0n) is 9.04. The lowest BCUT2D eigenvalue weighted by molar-refractivity contribution is 0.112. The van der Waals surface area contributed by atoms with E-state index >= 15 is 0 Å². The topological polar surface area (TPSA) is 56.9 Å². The predicted octanol–water partition coefficient (Wildman–Crippen LogP) is 0.692. The maximum absolute atomic E-state index is 11.8. The molecule has 16 heavy (non-hydrogen) atoms. The lowest BCUT2D eigenvalue weighted by Crippen LogP contribution is -2.21. The number of rotatable bonds is 2. The first kappa shape index (κ1) is 10.4. The molecule has 82 valence electrons. The normalized spacial score (nSPS) is 10.4. The van der Waals surface area contributed by atoms with Gasteiger partial charge in [-0.05, 0) is 19.1 Å². The number of nitrogens with zero attached hydrogens (tertiary/aromatic N) is 3. The molecule has 0 aliphatic rings. The zero-order valence-corrected chi connectivity index (χ0v) is 9.04. The Morgan fingerprint density at radius 1 is 1.44 bits per heavy atom. The third kappa shape index (κ3) is 1.56. The van der Waals surface area contributed by atoms with Crippen LogP contribution in [0.15, 0.2) is 29.2 Å². The van der Waals surface area contributed by atoms with Crippen molar-refractivity contribution in [1.29, 1.82) is 0 Å². The van der Waals surface area contributed by atoms with Crippen molar-refractivity contribution in [2.24, 2.45) is 7.05 Å². The minimum absolute atomic E-state index is 0.130. The molecule has 0 spiro atoms. The van der Waals surface area contributed by atoms with Crippen LogP contribution in [0.5, 0.6) is 0 Å². The van der Waals surface area contributed by atoms with E-state index in [1.165, 1.54) is 10.6 Å². The Morgan fingerprint density at radius 2 is 2.19 bits per heavy atom. The minimum Gasteiger partial charge on any atom is -0.298 e. The van der Waals surface area contributed by atoms with Gasteiger partial charge in [0.2, 0.25) is 0 Å². The van der Waals surface area contributed by atoms with Crippen molar-refractivity contribution in [1.82, 2.24) is 14.3 Å². The van der Waals surface area contributed by atoms with Crippen molar-refractivity contribution < 1.29 is 4.79 Å². The number of aromatic nitrogens is 3. The van der Waals surface area contributed by atoms with Gasteiger partial charge in [-0.15, -0.1) is 0 Å². The molecule has 0 fully saturated rings. The average Bonchev–Trinajstić information content (AvgIpc) is 2.59. The van der Waals surface area contributed by atoms with Gasteiger partial charge >= 0.3 is 0 Å². The van der Waals surface area contributed by atoms with Crippen LogP contribution in [0, 0.1) is 6.92 Å². The van der Waals surface area contributed by atoms with Crippen LogP contribution in [-0.4, -0.2) is 20.6 Å². The molecule has 0 bridgehead atoms. The number of carbonyl (C=O) groups is 1. The Kier molecular flexibility index (Phi) is 2.44. The highest BCUT2D eigenvalue weighted by molar-refractivity contribution is 5.73. The molecule has 2 aromatic rings. The van der Waals surface area contributed by atoms with E-state index < -0.39 is 0 Å². The molecule has 0 unspecified atom stereocenters. The largest absolute Gasteiger partial charge is 0.298 e. The third-order valence-corrected chi connectivity index (χ3v) is 2.45. The second-order valence-electron chi connectivity index (χ2n) is 3.52. The molecule has 0 radical (unpaired) electrons. The van der Waals surface area contributed by atoms with Crippen molar-refractivity contribution in [3.05, 3.63) is 46.0 Å². The number of hydrogen-bond acceptors (Lipinski definition) is 3. The van der Waals surface area contributed by atoms with Crippen LogP contribution >= 0.6 is 0 Å². The summed E-state index contributed by atoms with van der Waals surface area (Å²) in [6.45, 7) is 1.89. The van der Waals surface area contributed by atoms with E-state index in [4.69, 9.17) is 0 Å². The van der Waals surface area contributed by atoms with Gasteiger partial charge in [-0.3, -0.25) is 18.8 Å². The lowest BCUT2D eigenvalue weighted by Gasteiger charge is -2.00. The second-order valence-corrected chi connectivity index (χ2v) is 3.52. The summed E-state index contributed by atoms with van der Waals surface area (Å²) in [7, 11) is 1.80. The van der Waals surface area contributed by atoms with Crippen LogP contribution in [0.3, 0.4) is 0 Å².